The number of aryl methyl sites for hydroxylation is 3. The van der Waals surface area contributed by atoms with Gasteiger partial charge in [-0.2, -0.15) is 0 Å². The predicted molar refractivity (Wildman–Crippen MR) is 106 cm³/mol. The fourth-order valence-electron chi connectivity index (χ4n) is 3.02. The third-order valence-electron chi connectivity index (χ3n) is 4.41. The van der Waals surface area contributed by atoms with Crippen molar-refractivity contribution in [1.29, 1.82) is 0 Å². The van der Waals surface area contributed by atoms with Crippen LogP contribution in [0.3, 0.4) is 0 Å². The molecule has 4 nitrogen and oxygen atoms in total. The summed E-state index contributed by atoms with van der Waals surface area (Å²) in [5.74, 6) is 0.865. The highest BCUT2D eigenvalue weighted by Gasteiger charge is 2.14. The number of hydrogen-bond donors (Lipinski definition) is 1. The van der Waals surface area contributed by atoms with E-state index >= 15 is 0 Å². The van der Waals surface area contributed by atoms with E-state index in [2.05, 4.69) is 5.32 Å². The number of amides is 1. The number of nitrogens with one attached hydrogen (secondary N) is 1. The molecule has 0 spiro atoms. The van der Waals surface area contributed by atoms with E-state index in [1.165, 1.54) is 34.8 Å². The van der Waals surface area contributed by atoms with Crippen LogP contribution in [0, 0.1) is 0 Å². The predicted octanol–water partition coefficient (Wildman–Crippen LogP) is 4.58. The van der Waals surface area contributed by atoms with Crippen LogP contribution in [-0.4, -0.2) is 24.0 Å². The molecule has 1 aliphatic carbocycles. The summed E-state index contributed by atoms with van der Waals surface area (Å²) in [6, 6.07) is 7.25. The van der Waals surface area contributed by atoms with Gasteiger partial charge in [0.25, 0.3) is 0 Å². The highest BCUT2D eigenvalue weighted by molar-refractivity contribution is 7.11. The number of rotatable bonds is 9. The van der Waals surface area contributed by atoms with Crippen molar-refractivity contribution < 1.29 is 9.53 Å². The summed E-state index contributed by atoms with van der Waals surface area (Å²) in [5.41, 5.74) is 1.32. The zero-order chi connectivity index (χ0) is 18.2. The smallest absolute Gasteiger partial charge is 0.220 e. The van der Waals surface area contributed by atoms with Gasteiger partial charge >= 0.3 is 0 Å². The lowest BCUT2D eigenvalue weighted by Crippen LogP contribution is -2.24. The monoisotopic (exact) mass is 392 g/mol. The highest BCUT2D eigenvalue weighted by atomic mass is 35.5. The molecule has 0 saturated heterocycles. The number of aromatic nitrogens is 1. The summed E-state index contributed by atoms with van der Waals surface area (Å²) in [7, 11) is 0. The minimum Gasteiger partial charge on any atom is -0.494 e. The van der Waals surface area contributed by atoms with Gasteiger partial charge in [0.15, 0.2) is 0 Å². The van der Waals surface area contributed by atoms with Crippen molar-refractivity contribution in [3.63, 3.8) is 0 Å². The maximum atomic E-state index is 11.9. The summed E-state index contributed by atoms with van der Waals surface area (Å²) in [6.45, 7) is 1.24. The lowest BCUT2D eigenvalue weighted by atomic mass is 10.0. The fourth-order valence-corrected chi connectivity index (χ4v) is 4.35. The number of fused-ring (bicyclic) bond motifs is 1. The minimum absolute atomic E-state index is 0.0862. The Balaban J connectivity index is 1.25. The molecule has 0 radical (unpaired) electrons. The van der Waals surface area contributed by atoms with Crippen LogP contribution in [0.4, 0.5) is 0 Å². The molecular formula is C20H25ClN2O2S. The maximum absolute atomic E-state index is 11.9. The molecular weight excluding hydrogens is 368 g/mol. The van der Waals surface area contributed by atoms with Crippen molar-refractivity contribution >= 4 is 28.8 Å². The molecule has 3 rings (SSSR count). The molecule has 2 aromatic rings. The third kappa shape index (κ3) is 5.99. The second kappa shape index (κ2) is 9.93. The number of nitrogens with zero attached hydrogens (tertiary/aromatic N) is 1. The molecule has 140 valence electrons. The van der Waals surface area contributed by atoms with E-state index < -0.39 is 0 Å². The van der Waals surface area contributed by atoms with Gasteiger partial charge in [-0.1, -0.05) is 11.6 Å². The Labute approximate surface area is 163 Å². The molecule has 1 aromatic heterocycles. The van der Waals surface area contributed by atoms with Gasteiger partial charge in [-0.25, -0.2) is 4.98 Å². The SMILES string of the molecule is O=C(CCCOc1ccc(Cl)cc1)NCCCc1nc2c(s1)CCCC2. The first-order chi connectivity index (χ1) is 12.7. The van der Waals surface area contributed by atoms with Crippen LogP contribution in [-0.2, 0) is 24.1 Å². The van der Waals surface area contributed by atoms with Gasteiger partial charge in [-0.3, -0.25) is 4.79 Å². The molecule has 6 heteroatoms. The average Bonchev–Trinajstić information content (AvgIpc) is 3.07. The van der Waals surface area contributed by atoms with Crippen LogP contribution in [0.25, 0.3) is 0 Å². The Hall–Kier alpha value is -1.59. The molecule has 0 fully saturated rings. The van der Waals surface area contributed by atoms with E-state index in [-0.39, 0.29) is 5.91 Å². The molecule has 1 heterocycles. The number of hydrogen-bond acceptors (Lipinski definition) is 4. The third-order valence-corrected chi connectivity index (χ3v) is 5.88. The molecule has 1 amide bonds. The van der Waals surface area contributed by atoms with Gasteiger partial charge in [-0.05, 0) is 62.8 Å². The van der Waals surface area contributed by atoms with E-state index in [1.54, 1.807) is 12.1 Å². The lowest BCUT2D eigenvalue weighted by molar-refractivity contribution is -0.121. The Morgan fingerprint density at radius 1 is 1.19 bits per heavy atom. The molecule has 0 saturated carbocycles. The van der Waals surface area contributed by atoms with E-state index in [9.17, 15) is 4.79 Å². The molecule has 0 bridgehead atoms. The van der Waals surface area contributed by atoms with Gasteiger partial charge in [0.1, 0.15) is 5.75 Å². The van der Waals surface area contributed by atoms with E-state index in [4.69, 9.17) is 21.3 Å². The largest absolute Gasteiger partial charge is 0.494 e. The number of carbonyl (C=O) groups is 1. The van der Waals surface area contributed by atoms with Crippen molar-refractivity contribution in [2.24, 2.45) is 0 Å². The second-order valence-corrected chi connectivity index (χ2v) is 8.15. The van der Waals surface area contributed by atoms with Gasteiger partial charge in [0, 0.05) is 29.3 Å². The quantitative estimate of drug-likeness (QED) is 0.635. The Morgan fingerprint density at radius 3 is 2.81 bits per heavy atom. The molecule has 26 heavy (non-hydrogen) atoms. The molecule has 0 aliphatic heterocycles. The zero-order valence-electron chi connectivity index (χ0n) is 14.9. The van der Waals surface area contributed by atoms with Gasteiger partial charge in [0.05, 0.1) is 17.3 Å². The van der Waals surface area contributed by atoms with Crippen LogP contribution in [0.5, 0.6) is 5.75 Å². The Bertz CT molecular complexity index is 692. The molecule has 1 aliphatic rings. The number of thiazole rings is 1. The number of benzene rings is 1. The van der Waals surface area contributed by atoms with Crippen molar-refractivity contribution in [3.8, 4) is 5.75 Å². The molecule has 1 aromatic carbocycles. The fraction of sp³-hybridized carbons (Fsp3) is 0.500. The van der Waals surface area contributed by atoms with Crippen LogP contribution >= 0.6 is 22.9 Å². The summed E-state index contributed by atoms with van der Waals surface area (Å²) < 4.78 is 5.59. The van der Waals surface area contributed by atoms with Gasteiger partial charge in [0.2, 0.25) is 5.91 Å². The maximum Gasteiger partial charge on any atom is 0.220 e. The Kier molecular flexibility index (Phi) is 7.32. The van der Waals surface area contributed by atoms with Gasteiger partial charge < -0.3 is 10.1 Å². The normalized spacial score (nSPS) is 13.3. The summed E-state index contributed by atoms with van der Waals surface area (Å²) in [4.78, 5) is 18.1. The topological polar surface area (TPSA) is 51.2 Å². The molecule has 0 unspecified atom stereocenters. The first kappa shape index (κ1) is 19.2. The van der Waals surface area contributed by atoms with Crippen molar-refractivity contribution in [2.75, 3.05) is 13.2 Å². The standard InChI is InChI=1S/C20H25ClN2O2S/c21-15-9-11-16(12-10-15)25-14-4-7-19(24)22-13-3-8-20-23-17-5-1-2-6-18(17)26-20/h9-12H,1-8,13-14H2,(H,22,24). The zero-order valence-corrected chi connectivity index (χ0v) is 16.5. The van der Waals surface area contributed by atoms with Crippen molar-refractivity contribution in [2.45, 2.75) is 51.4 Å². The summed E-state index contributed by atoms with van der Waals surface area (Å²) in [5, 5.41) is 4.90. The van der Waals surface area contributed by atoms with Crippen molar-refractivity contribution in [1.82, 2.24) is 10.3 Å². The highest BCUT2D eigenvalue weighted by Crippen LogP contribution is 2.27. The number of halogens is 1. The summed E-state index contributed by atoms with van der Waals surface area (Å²) in [6.07, 6.45) is 7.99. The van der Waals surface area contributed by atoms with Crippen LogP contribution < -0.4 is 10.1 Å². The van der Waals surface area contributed by atoms with E-state index in [1.807, 2.05) is 23.5 Å². The Morgan fingerprint density at radius 2 is 2.00 bits per heavy atom. The molecule has 0 atom stereocenters. The first-order valence-electron chi connectivity index (χ1n) is 9.33. The van der Waals surface area contributed by atoms with Crippen molar-refractivity contribution in [3.05, 3.63) is 44.9 Å². The van der Waals surface area contributed by atoms with Crippen LogP contribution in [0.15, 0.2) is 24.3 Å². The molecule has 1 N–H and O–H groups in total. The average molecular weight is 393 g/mol. The first-order valence-corrected chi connectivity index (χ1v) is 10.5. The lowest BCUT2D eigenvalue weighted by Gasteiger charge is -2.07. The van der Waals surface area contributed by atoms with E-state index in [0.717, 1.165) is 25.0 Å². The number of carbonyl (C=O) groups excluding carboxylic acids is 1. The van der Waals surface area contributed by atoms with Crippen LogP contribution in [0.2, 0.25) is 5.02 Å². The second-order valence-electron chi connectivity index (χ2n) is 6.54. The van der Waals surface area contributed by atoms with E-state index in [0.29, 0.717) is 31.0 Å². The van der Waals surface area contributed by atoms with Gasteiger partial charge in [-0.15, -0.1) is 11.3 Å². The minimum atomic E-state index is 0.0862. The number of ether oxygens (including phenoxy) is 1. The van der Waals surface area contributed by atoms with Crippen LogP contribution in [0.1, 0.15) is 47.7 Å². The summed E-state index contributed by atoms with van der Waals surface area (Å²) >= 11 is 7.69.